The van der Waals surface area contributed by atoms with Crippen LogP contribution in [-0.2, 0) is 4.74 Å². The van der Waals surface area contributed by atoms with Crippen molar-refractivity contribution in [3.05, 3.63) is 24.3 Å². The van der Waals surface area contributed by atoms with Crippen LogP contribution in [0.3, 0.4) is 0 Å². The number of halogens is 1. The van der Waals surface area contributed by atoms with Crippen LogP contribution < -0.4 is 20.3 Å². The first-order valence-corrected chi connectivity index (χ1v) is 8.52. The van der Waals surface area contributed by atoms with Crippen LogP contribution in [0.2, 0.25) is 0 Å². The highest BCUT2D eigenvalue weighted by Gasteiger charge is 2.24. The Kier molecular flexibility index (Phi) is 9.96. The molecule has 1 aliphatic rings. The summed E-state index contributed by atoms with van der Waals surface area (Å²) in [6.45, 7) is 5.73. The summed E-state index contributed by atoms with van der Waals surface area (Å²) in [5, 5.41) is 6.76. The molecule has 0 radical (unpaired) electrons. The van der Waals surface area contributed by atoms with Gasteiger partial charge in [0.2, 0.25) is 0 Å². The molecule has 0 spiro atoms. The molecule has 2 N–H and O–H groups in total. The molecule has 1 aromatic carbocycles. The summed E-state index contributed by atoms with van der Waals surface area (Å²) in [6.07, 6.45) is 1.16. The summed E-state index contributed by atoms with van der Waals surface area (Å²) in [5.41, 5.74) is 1.18. The van der Waals surface area contributed by atoms with Crippen molar-refractivity contribution in [3.8, 4) is 5.75 Å². The molecule has 0 aromatic heterocycles. The van der Waals surface area contributed by atoms with Gasteiger partial charge in [0.15, 0.2) is 5.96 Å². The molecule has 0 bridgehead atoms. The first-order valence-electron chi connectivity index (χ1n) is 8.52. The molecule has 0 amide bonds. The Bertz CT molecular complexity index is 542. The number of aliphatic imine (C=N–C) groups is 1. The number of nitrogens with one attached hydrogen (secondary N) is 2. The van der Waals surface area contributed by atoms with E-state index in [1.165, 1.54) is 5.69 Å². The number of hydrogen-bond donors (Lipinski definition) is 2. The summed E-state index contributed by atoms with van der Waals surface area (Å²) < 4.78 is 10.6. The van der Waals surface area contributed by atoms with Crippen LogP contribution >= 0.6 is 24.0 Å². The second-order valence-corrected chi connectivity index (χ2v) is 6.23. The third-order valence-electron chi connectivity index (χ3n) is 4.29. The summed E-state index contributed by atoms with van der Waals surface area (Å²) in [5.74, 6) is 2.36. The van der Waals surface area contributed by atoms with Crippen LogP contribution in [0.1, 0.15) is 13.3 Å². The highest BCUT2D eigenvalue weighted by Crippen LogP contribution is 2.31. The van der Waals surface area contributed by atoms with Gasteiger partial charge in [-0.05, 0) is 31.4 Å². The van der Waals surface area contributed by atoms with Gasteiger partial charge in [0.1, 0.15) is 5.75 Å². The maximum Gasteiger partial charge on any atom is 0.191 e. The van der Waals surface area contributed by atoms with Gasteiger partial charge < -0.3 is 25.0 Å². The predicted octanol–water partition coefficient (Wildman–Crippen LogP) is 2.34. The minimum absolute atomic E-state index is 0. The highest BCUT2D eigenvalue weighted by atomic mass is 127. The third kappa shape index (κ3) is 6.54. The minimum atomic E-state index is 0. The van der Waals surface area contributed by atoms with E-state index in [0.29, 0.717) is 12.5 Å². The summed E-state index contributed by atoms with van der Waals surface area (Å²) in [7, 11) is 5.23. The maximum atomic E-state index is 5.48. The molecule has 142 valence electrons. The third-order valence-corrected chi connectivity index (χ3v) is 4.29. The van der Waals surface area contributed by atoms with Crippen molar-refractivity contribution in [2.45, 2.75) is 19.4 Å². The molecule has 0 aliphatic carbocycles. The van der Waals surface area contributed by atoms with Gasteiger partial charge in [0.05, 0.1) is 19.4 Å². The molecule has 6 nitrogen and oxygen atoms in total. The molecular weight excluding hydrogens is 431 g/mol. The lowest BCUT2D eigenvalue weighted by Gasteiger charge is -2.22. The van der Waals surface area contributed by atoms with Gasteiger partial charge in [0.25, 0.3) is 0 Å². The summed E-state index contributed by atoms with van der Waals surface area (Å²) >= 11 is 0. The van der Waals surface area contributed by atoms with E-state index >= 15 is 0 Å². The van der Waals surface area contributed by atoms with Crippen LogP contribution in [0.15, 0.2) is 29.3 Å². The minimum Gasteiger partial charge on any atom is -0.495 e. The zero-order chi connectivity index (χ0) is 17.4. The summed E-state index contributed by atoms with van der Waals surface area (Å²) in [6, 6.07) is 8.45. The smallest absolute Gasteiger partial charge is 0.191 e. The van der Waals surface area contributed by atoms with Gasteiger partial charge in [-0.3, -0.25) is 4.99 Å². The van der Waals surface area contributed by atoms with E-state index in [9.17, 15) is 0 Å². The van der Waals surface area contributed by atoms with E-state index in [4.69, 9.17) is 9.47 Å². The lowest BCUT2D eigenvalue weighted by atomic mass is 10.1. The average molecular weight is 462 g/mol. The molecule has 1 aromatic rings. The number of ether oxygens (including phenoxy) is 2. The zero-order valence-electron chi connectivity index (χ0n) is 15.6. The second kappa shape index (κ2) is 11.4. The Balaban J connectivity index is 0.00000312. The number of nitrogens with zero attached hydrogens (tertiary/aromatic N) is 2. The molecule has 7 heteroatoms. The van der Waals surface area contributed by atoms with E-state index < -0.39 is 0 Å². The van der Waals surface area contributed by atoms with Crippen molar-refractivity contribution < 1.29 is 9.47 Å². The predicted molar refractivity (Wildman–Crippen MR) is 115 cm³/mol. The van der Waals surface area contributed by atoms with Gasteiger partial charge in [0, 0.05) is 39.8 Å². The highest BCUT2D eigenvalue weighted by molar-refractivity contribution is 14.0. The molecule has 1 saturated heterocycles. The Labute approximate surface area is 168 Å². The molecule has 2 atom stereocenters. The number of hydrogen-bond acceptors (Lipinski definition) is 4. The van der Waals surface area contributed by atoms with Crippen molar-refractivity contribution in [1.29, 1.82) is 0 Å². The Morgan fingerprint density at radius 3 is 2.80 bits per heavy atom. The number of benzene rings is 1. The van der Waals surface area contributed by atoms with Crippen LogP contribution in [0.5, 0.6) is 5.75 Å². The molecule has 2 rings (SSSR count). The standard InChI is InChI=1S/C18H30N4O2.HI/c1-14(13-23-3)21-18(19-2)20-11-15-9-10-22(12-15)16-7-5-6-8-17(16)24-4;/h5-8,14-15H,9-13H2,1-4H3,(H2,19,20,21);1H. The van der Waals surface area contributed by atoms with Crippen LogP contribution in [0.25, 0.3) is 0 Å². The van der Waals surface area contributed by atoms with Gasteiger partial charge in [-0.2, -0.15) is 0 Å². The van der Waals surface area contributed by atoms with E-state index in [0.717, 1.165) is 37.8 Å². The fourth-order valence-corrected chi connectivity index (χ4v) is 3.07. The first kappa shape index (κ1) is 21.8. The Morgan fingerprint density at radius 2 is 2.12 bits per heavy atom. The lowest BCUT2D eigenvalue weighted by Crippen LogP contribution is -2.45. The van der Waals surface area contributed by atoms with Gasteiger partial charge in [-0.25, -0.2) is 0 Å². The topological polar surface area (TPSA) is 58.1 Å². The zero-order valence-corrected chi connectivity index (χ0v) is 17.9. The molecule has 2 unspecified atom stereocenters. The van der Waals surface area contributed by atoms with Crippen molar-refractivity contribution in [2.75, 3.05) is 52.4 Å². The van der Waals surface area contributed by atoms with E-state index in [1.807, 2.05) is 12.1 Å². The first-order chi connectivity index (χ1) is 11.7. The number of methoxy groups -OCH3 is 2. The lowest BCUT2D eigenvalue weighted by molar-refractivity contribution is 0.179. The van der Waals surface area contributed by atoms with E-state index in [-0.39, 0.29) is 30.0 Å². The monoisotopic (exact) mass is 462 g/mol. The number of rotatable bonds is 7. The molecular formula is C18H31IN4O2. The van der Waals surface area contributed by atoms with Gasteiger partial charge in [-0.1, -0.05) is 12.1 Å². The SMILES string of the molecule is CN=C(NCC1CCN(c2ccccc2OC)C1)NC(C)COC.I. The van der Waals surface area contributed by atoms with Crippen LogP contribution in [0.4, 0.5) is 5.69 Å². The average Bonchev–Trinajstić information content (AvgIpc) is 3.07. The Hall–Kier alpha value is -1.22. The van der Waals surface area contributed by atoms with Crippen LogP contribution in [-0.4, -0.2) is 59.5 Å². The number of para-hydroxylation sites is 2. The van der Waals surface area contributed by atoms with Gasteiger partial charge in [-0.15, -0.1) is 24.0 Å². The molecule has 1 fully saturated rings. The Morgan fingerprint density at radius 1 is 1.36 bits per heavy atom. The van der Waals surface area contributed by atoms with Crippen molar-refractivity contribution >= 4 is 35.6 Å². The van der Waals surface area contributed by atoms with Crippen LogP contribution in [0, 0.1) is 5.92 Å². The number of anilines is 1. The van der Waals surface area contributed by atoms with Gasteiger partial charge >= 0.3 is 0 Å². The van der Waals surface area contributed by atoms with Crippen molar-refractivity contribution in [1.82, 2.24) is 10.6 Å². The quantitative estimate of drug-likeness (QED) is 0.370. The molecule has 1 heterocycles. The van der Waals surface area contributed by atoms with E-state index in [1.54, 1.807) is 21.3 Å². The normalized spacial score (nSPS) is 18.5. The largest absolute Gasteiger partial charge is 0.495 e. The molecule has 0 saturated carbocycles. The summed E-state index contributed by atoms with van der Waals surface area (Å²) in [4.78, 5) is 6.68. The number of guanidine groups is 1. The second-order valence-electron chi connectivity index (χ2n) is 6.23. The van der Waals surface area contributed by atoms with E-state index in [2.05, 4.69) is 39.6 Å². The molecule has 1 aliphatic heterocycles. The molecule has 25 heavy (non-hydrogen) atoms. The fourth-order valence-electron chi connectivity index (χ4n) is 3.07. The maximum absolute atomic E-state index is 5.48. The van der Waals surface area contributed by atoms with Crippen molar-refractivity contribution in [2.24, 2.45) is 10.9 Å². The van der Waals surface area contributed by atoms with Crippen molar-refractivity contribution in [3.63, 3.8) is 0 Å². The fraction of sp³-hybridized carbons (Fsp3) is 0.611.